The van der Waals surface area contributed by atoms with Gasteiger partial charge in [-0.15, -0.1) is 0 Å². The highest BCUT2D eigenvalue weighted by Gasteiger charge is 2.16. The number of rotatable bonds is 4. The topological polar surface area (TPSA) is 93.8 Å². The third kappa shape index (κ3) is 5.46. The van der Waals surface area contributed by atoms with Gasteiger partial charge in [-0.1, -0.05) is 11.8 Å². The van der Waals surface area contributed by atoms with Crippen molar-refractivity contribution in [2.24, 2.45) is 0 Å². The molecule has 1 heterocycles. The molecule has 3 rings (SSSR count). The zero-order valence-electron chi connectivity index (χ0n) is 15.2. The quantitative estimate of drug-likeness (QED) is 0.548. The first kappa shape index (κ1) is 19.7. The summed E-state index contributed by atoms with van der Waals surface area (Å²) in [5.41, 5.74) is 8.41. The van der Waals surface area contributed by atoms with E-state index in [2.05, 4.69) is 17.2 Å². The van der Waals surface area contributed by atoms with Crippen LogP contribution < -0.4 is 11.1 Å². The van der Waals surface area contributed by atoms with E-state index >= 15 is 0 Å². The van der Waals surface area contributed by atoms with Gasteiger partial charge in [0.1, 0.15) is 5.82 Å². The summed E-state index contributed by atoms with van der Waals surface area (Å²) in [6.45, 7) is 0.863. The first-order valence-electron chi connectivity index (χ1n) is 8.94. The fourth-order valence-electron chi connectivity index (χ4n) is 2.82. The Morgan fingerprint density at radius 3 is 2.75 bits per heavy atom. The summed E-state index contributed by atoms with van der Waals surface area (Å²) < 4.78 is 24.4. The van der Waals surface area contributed by atoms with E-state index in [9.17, 15) is 9.18 Å². The Bertz CT molecular complexity index is 897. The predicted octanol–water partition coefficient (Wildman–Crippen LogP) is 3.94. The van der Waals surface area contributed by atoms with E-state index in [1.807, 2.05) is 0 Å². The molecule has 0 aromatic heterocycles. The molecule has 2 aromatic rings. The number of ether oxygens (including phenoxy) is 2. The van der Waals surface area contributed by atoms with Gasteiger partial charge in [-0.25, -0.2) is 9.18 Å². The van der Waals surface area contributed by atoms with Crippen LogP contribution in [-0.2, 0) is 16.1 Å². The molecule has 2 aromatic carbocycles. The molecular weight excluding hydrogens is 363 g/mol. The van der Waals surface area contributed by atoms with Gasteiger partial charge in [0, 0.05) is 17.7 Å². The molecule has 7 heteroatoms. The molecule has 0 radical (unpaired) electrons. The lowest BCUT2D eigenvalue weighted by Crippen LogP contribution is -2.22. The largest absolute Gasteiger partial charge is 0.465 e. The second kappa shape index (κ2) is 9.22. The third-order valence-electron chi connectivity index (χ3n) is 4.27. The van der Waals surface area contributed by atoms with Crippen molar-refractivity contribution in [2.45, 2.75) is 32.2 Å². The van der Waals surface area contributed by atoms with Crippen LogP contribution in [0.5, 0.6) is 0 Å². The maximum Gasteiger partial charge on any atom is 0.409 e. The Morgan fingerprint density at radius 1 is 1.29 bits per heavy atom. The molecule has 28 heavy (non-hydrogen) atoms. The number of carbonyl (C=O) groups is 1. The first-order chi connectivity index (χ1) is 13.5. The van der Waals surface area contributed by atoms with Crippen LogP contribution in [0.2, 0.25) is 0 Å². The van der Waals surface area contributed by atoms with Crippen LogP contribution >= 0.6 is 0 Å². The Morgan fingerprint density at radius 2 is 2.07 bits per heavy atom. The second-order valence-corrected chi connectivity index (χ2v) is 6.39. The summed E-state index contributed by atoms with van der Waals surface area (Å²) in [6, 6.07) is 9.05. The van der Waals surface area contributed by atoms with Crippen molar-refractivity contribution < 1.29 is 23.8 Å². The molecule has 1 unspecified atom stereocenters. The lowest BCUT2D eigenvalue weighted by Gasteiger charge is -2.23. The maximum atomic E-state index is 13.0. The van der Waals surface area contributed by atoms with E-state index in [4.69, 9.17) is 20.3 Å². The molecule has 0 spiro atoms. The summed E-state index contributed by atoms with van der Waals surface area (Å²) >= 11 is 0. The number of nitrogens with two attached hydrogens (primary N) is 1. The summed E-state index contributed by atoms with van der Waals surface area (Å²) in [7, 11) is 0. The predicted molar refractivity (Wildman–Crippen MR) is 103 cm³/mol. The van der Waals surface area contributed by atoms with Crippen LogP contribution in [0.4, 0.5) is 20.6 Å². The van der Waals surface area contributed by atoms with E-state index in [1.165, 1.54) is 12.1 Å². The highest BCUT2D eigenvalue weighted by molar-refractivity contribution is 5.88. The molecule has 0 aliphatic carbocycles. The van der Waals surface area contributed by atoms with Gasteiger partial charge in [0.25, 0.3) is 0 Å². The fraction of sp³-hybridized carbons (Fsp3) is 0.286. The molecule has 1 aliphatic rings. The molecule has 1 amide bonds. The number of nitrogens with one attached hydrogen (secondary N) is 1. The van der Waals surface area contributed by atoms with Crippen molar-refractivity contribution in [3.8, 4) is 11.8 Å². The zero-order valence-corrected chi connectivity index (χ0v) is 15.2. The van der Waals surface area contributed by atoms with Crippen LogP contribution in [0.3, 0.4) is 0 Å². The molecular formula is C21H21FN2O4. The van der Waals surface area contributed by atoms with Crippen molar-refractivity contribution in [1.29, 1.82) is 0 Å². The molecule has 1 aliphatic heterocycles. The van der Waals surface area contributed by atoms with Crippen LogP contribution in [-0.4, -0.2) is 24.1 Å². The smallest absolute Gasteiger partial charge is 0.409 e. The van der Waals surface area contributed by atoms with Gasteiger partial charge in [-0.2, -0.15) is 0 Å². The number of halogens is 1. The normalized spacial score (nSPS) is 16.1. The Hall–Kier alpha value is -3.08. The van der Waals surface area contributed by atoms with Crippen LogP contribution in [0.25, 0.3) is 0 Å². The number of benzene rings is 2. The van der Waals surface area contributed by atoms with Crippen molar-refractivity contribution >= 4 is 17.5 Å². The van der Waals surface area contributed by atoms with Crippen LogP contribution in [0, 0.1) is 17.7 Å². The Balaban J connectivity index is 1.86. The minimum atomic E-state index is -1.21. The number of hydrogen-bond acceptors (Lipinski definition) is 4. The van der Waals surface area contributed by atoms with E-state index < -0.39 is 6.09 Å². The lowest BCUT2D eigenvalue weighted by atomic mass is 10.0. The first-order valence-corrected chi connectivity index (χ1v) is 8.94. The average molecular weight is 384 g/mol. The third-order valence-corrected chi connectivity index (χ3v) is 4.27. The molecule has 146 valence electrons. The summed E-state index contributed by atoms with van der Waals surface area (Å²) in [5, 5.41) is 11.3. The number of nitrogen functional groups attached to an aromatic ring is 1. The van der Waals surface area contributed by atoms with Crippen molar-refractivity contribution in [2.75, 3.05) is 17.7 Å². The summed E-state index contributed by atoms with van der Waals surface area (Å²) in [6.07, 6.45) is 1.36. The maximum absolute atomic E-state index is 13.0. The average Bonchev–Trinajstić information content (AvgIpc) is 2.68. The number of carboxylic acid groups (broad SMARTS) is 1. The van der Waals surface area contributed by atoms with Crippen LogP contribution in [0.15, 0.2) is 36.4 Å². The molecule has 1 saturated heterocycles. The molecule has 1 atom stereocenters. The SMILES string of the molecule is Nc1cc(C#Cc2ccc(F)cc2)c(COC2CCCCO2)cc1NC(=O)O. The summed E-state index contributed by atoms with van der Waals surface area (Å²) in [5.74, 6) is 5.63. The van der Waals surface area contributed by atoms with Gasteiger partial charge >= 0.3 is 6.09 Å². The van der Waals surface area contributed by atoms with Gasteiger partial charge in [0.05, 0.1) is 18.0 Å². The van der Waals surface area contributed by atoms with Crippen molar-refractivity contribution in [3.05, 3.63) is 58.9 Å². The van der Waals surface area contributed by atoms with Gasteiger partial charge in [-0.05, 0) is 61.2 Å². The highest BCUT2D eigenvalue weighted by atomic mass is 19.1. The minimum Gasteiger partial charge on any atom is -0.465 e. The number of amides is 1. The van der Waals surface area contributed by atoms with E-state index in [0.717, 1.165) is 19.3 Å². The second-order valence-electron chi connectivity index (χ2n) is 6.39. The monoisotopic (exact) mass is 384 g/mol. The lowest BCUT2D eigenvalue weighted by molar-refractivity contribution is -0.168. The molecule has 6 nitrogen and oxygen atoms in total. The highest BCUT2D eigenvalue weighted by Crippen LogP contribution is 2.25. The molecule has 0 saturated carbocycles. The standard InChI is InChI=1S/C21H21FN2O4/c22-17-8-5-14(6-9-17)4-7-15-11-18(23)19(24-21(25)26)12-16(15)13-28-20-3-1-2-10-27-20/h5-6,8-9,11-12,20,24H,1-3,10,13,23H2,(H,25,26). The van der Waals surface area contributed by atoms with Crippen molar-refractivity contribution in [1.82, 2.24) is 0 Å². The van der Waals surface area contributed by atoms with Crippen molar-refractivity contribution in [3.63, 3.8) is 0 Å². The van der Waals surface area contributed by atoms with Crippen LogP contribution in [0.1, 0.15) is 36.0 Å². The zero-order chi connectivity index (χ0) is 19.9. The van der Waals surface area contributed by atoms with Gasteiger partial charge in [-0.3, -0.25) is 5.32 Å². The van der Waals surface area contributed by atoms with E-state index in [-0.39, 0.29) is 30.1 Å². The van der Waals surface area contributed by atoms with Gasteiger partial charge in [0.2, 0.25) is 0 Å². The Labute approximate surface area is 162 Å². The van der Waals surface area contributed by atoms with E-state index in [0.29, 0.717) is 23.3 Å². The fourth-order valence-corrected chi connectivity index (χ4v) is 2.82. The molecule has 0 bridgehead atoms. The van der Waals surface area contributed by atoms with Gasteiger partial charge < -0.3 is 20.3 Å². The Kier molecular flexibility index (Phi) is 6.48. The molecule has 4 N–H and O–H groups in total. The molecule has 1 fully saturated rings. The number of hydrogen-bond donors (Lipinski definition) is 3. The minimum absolute atomic E-state index is 0.201. The van der Waals surface area contributed by atoms with Gasteiger partial charge in [0.15, 0.2) is 6.29 Å². The number of anilines is 2. The van der Waals surface area contributed by atoms with E-state index in [1.54, 1.807) is 24.3 Å². The summed E-state index contributed by atoms with van der Waals surface area (Å²) in [4.78, 5) is 11.0.